The molecule has 0 bridgehead atoms. The van der Waals surface area contributed by atoms with Crippen LogP contribution in [0.5, 0.6) is 0 Å². The van der Waals surface area contributed by atoms with E-state index in [1.807, 2.05) is 11.0 Å². The first-order valence-electron chi connectivity index (χ1n) is 9.39. The molecule has 0 atom stereocenters. The molecule has 28 heavy (non-hydrogen) atoms. The number of pyridine rings is 1. The number of carbonyl (C=O) groups excluding carboxylic acids is 1. The standard InChI is InChI=1S/C20H20N6O2/c27-19(14-2-1-5-21-13-14)24-20-23-17-4-3-15(25-8-10-28-11-9-25)12-16(17)18-22-6-7-26(18)20/h1-5,12-13H,6-11H2,(H,23,24,27). The molecule has 142 valence electrons. The molecule has 1 saturated heterocycles. The third kappa shape index (κ3) is 3.01. The Balaban J connectivity index is 1.46. The van der Waals surface area contributed by atoms with Crippen molar-refractivity contribution in [1.29, 1.82) is 0 Å². The number of nitrogens with zero attached hydrogens (tertiary/aromatic N) is 5. The second-order valence-electron chi connectivity index (χ2n) is 6.79. The topological polar surface area (TPSA) is 82.4 Å². The van der Waals surface area contributed by atoms with Crippen molar-refractivity contribution in [3.05, 3.63) is 53.9 Å². The van der Waals surface area contributed by atoms with E-state index in [-0.39, 0.29) is 5.91 Å². The molecular formula is C20H20N6O2. The number of amidine groups is 1. The van der Waals surface area contributed by atoms with Crippen LogP contribution in [0.1, 0.15) is 15.9 Å². The van der Waals surface area contributed by atoms with Crippen molar-refractivity contribution in [2.45, 2.75) is 0 Å². The van der Waals surface area contributed by atoms with Crippen molar-refractivity contribution in [3.8, 4) is 0 Å². The Bertz CT molecular complexity index is 966. The number of carbonyl (C=O) groups is 1. The predicted octanol–water partition coefficient (Wildman–Crippen LogP) is 1.41. The maximum absolute atomic E-state index is 12.6. The smallest absolute Gasteiger partial charge is 0.259 e. The van der Waals surface area contributed by atoms with Crippen LogP contribution in [0.2, 0.25) is 0 Å². The summed E-state index contributed by atoms with van der Waals surface area (Å²) in [5.41, 5.74) is 3.46. The SMILES string of the molecule is O=C(NC1=Nc2ccc(N3CCOCC3)cc2C2=NCCN12)c1cccnc1. The summed E-state index contributed by atoms with van der Waals surface area (Å²) >= 11 is 0. The Labute approximate surface area is 162 Å². The summed E-state index contributed by atoms with van der Waals surface area (Å²) < 4.78 is 5.45. The molecule has 3 aliphatic rings. The number of rotatable bonds is 2. The lowest BCUT2D eigenvalue weighted by Gasteiger charge is -2.31. The summed E-state index contributed by atoms with van der Waals surface area (Å²) in [6.07, 6.45) is 3.18. The van der Waals surface area contributed by atoms with E-state index in [9.17, 15) is 4.79 Å². The summed E-state index contributed by atoms with van der Waals surface area (Å²) in [6.45, 7) is 4.62. The van der Waals surface area contributed by atoms with Crippen molar-refractivity contribution >= 4 is 29.1 Å². The van der Waals surface area contributed by atoms with Crippen molar-refractivity contribution in [3.63, 3.8) is 0 Å². The number of hydrogen-bond acceptors (Lipinski definition) is 7. The average molecular weight is 376 g/mol. The van der Waals surface area contributed by atoms with E-state index < -0.39 is 0 Å². The van der Waals surface area contributed by atoms with Gasteiger partial charge >= 0.3 is 0 Å². The lowest BCUT2D eigenvalue weighted by molar-refractivity contribution is 0.0973. The normalized spacial score (nSPS) is 18.1. The van der Waals surface area contributed by atoms with E-state index in [1.54, 1.807) is 24.5 Å². The van der Waals surface area contributed by atoms with Gasteiger partial charge in [-0.1, -0.05) is 0 Å². The Morgan fingerprint density at radius 3 is 2.86 bits per heavy atom. The average Bonchev–Trinajstić information content (AvgIpc) is 3.25. The van der Waals surface area contributed by atoms with Gasteiger partial charge in [-0.05, 0) is 30.3 Å². The Morgan fingerprint density at radius 2 is 2.04 bits per heavy atom. The van der Waals surface area contributed by atoms with Crippen LogP contribution >= 0.6 is 0 Å². The van der Waals surface area contributed by atoms with Crippen molar-refractivity contribution in [1.82, 2.24) is 15.2 Å². The second-order valence-corrected chi connectivity index (χ2v) is 6.79. The number of anilines is 1. The highest BCUT2D eigenvalue weighted by atomic mass is 16.5. The molecule has 1 fully saturated rings. The number of amides is 1. The molecule has 8 heteroatoms. The molecule has 0 spiro atoms. The molecule has 4 heterocycles. The predicted molar refractivity (Wildman–Crippen MR) is 106 cm³/mol. The molecule has 8 nitrogen and oxygen atoms in total. The highest BCUT2D eigenvalue weighted by Crippen LogP contribution is 2.32. The van der Waals surface area contributed by atoms with Crippen LogP contribution in [-0.2, 0) is 4.74 Å². The lowest BCUT2D eigenvalue weighted by atomic mass is 10.1. The zero-order valence-corrected chi connectivity index (χ0v) is 15.3. The quantitative estimate of drug-likeness (QED) is 0.857. The minimum absolute atomic E-state index is 0.230. The number of nitrogens with one attached hydrogen (secondary N) is 1. The van der Waals surface area contributed by atoms with Gasteiger partial charge in [0, 0.05) is 43.3 Å². The van der Waals surface area contributed by atoms with Crippen molar-refractivity contribution in [2.24, 2.45) is 9.98 Å². The zero-order valence-electron chi connectivity index (χ0n) is 15.3. The van der Waals surface area contributed by atoms with Gasteiger partial charge in [0.05, 0.1) is 31.0 Å². The molecule has 3 aliphatic heterocycles. The molecule has 5 rings (SSSR count). The van der Waals surface area contributed by atoms with E-state index >= 15 is 0 Å². The first-order valence-corrected chi connectivity index (χ1v) is 9.39. The van der Waals surface area contributed by atoms with Gasteiger partial charge in [0.15, 0.2) is 0 Å². The second kappa shape index (κ2) is 7.05. The molecule has 1 aromatic heterocycles. The van der Waals surface area contributed by atoms with E-state index in [2.05, 4.69) is 32.3 Å². The first-order chi connectivity index (χ1) is 13.8. The van der Waals surface area contributed by atoms with Crippen molar-refractivity contribution in [2.75, 3.05) is 44.3 Å². The molecule has 1 aromatic carbocycles. The Morgan fingerprint density at radius 1 is 1.14 bits per heavy atom. The number of morpholine rings is 1. The summed E-state index contributed by atoms with van der Waals surface area (Å²) in [6, 6.07) is 9.67. The number of benzene rings is 1. The largest absolute Gasteiger partial charge is 0.378 e. The van der Waals surface area contributed by atoms with Crippen LogP contribution in [-0.4, -0.2) is 67.0 Å². The highest BCUT2D eigenvalue weighted by Gasteiger charge is 2.31. The van der Waals surface area contributed by atoms with Crippen LogP contribution in [0.4, 0.5) is 11.4 Å². The monoisotopic (exact) mass is 376 g/mol. The number of ether oxygens (including phenoxy) is 1. The van der Waals surface area contributed by atoms with Crippen molar-refractivity contribution < 1.29 is 9.53 Å². The number of aromatic nitrogens is 1. The number of fused-ring (bicyclic) bond motifs is 3. The number of guanidine groups is 1. The van der Waals surface area contributed by atoms with E-state index in [1.165, 1.54) is 0 Å². The fourth-order valence-corrected chi connectivity index (χ4v) is 3.64. The van der Waals surface area contributed by atoms with Crippen LogP contribution in [0.25, 0.3) is 0 Å². The van der Waals surface area contributed by atoms with Gasteiger partial charge in [0.2, 0.25) is 5.96 Å². The number of aliphatic imine (C=N–C) groups is 2. The molecule has 0 radical (unpaired) electrons. The van der Waals surface area contributed by atoms with E-state index in [4.69, 9.17) is 9.73 Å². The van der Waals surface area contributed by atoms with Gasteiger partial charge in [-0.15, -0.1) is 0 Å². The maximum Gasteiger partial charge on any atom is 0.259 e. The third-order valence-electron chi connectivity index (χ3n) is 5.07. The number of hydrogen-bond donors (Lipinski definition) is 1. The maximum atomic E-state index is 12.6. The molecule has 1 amide bonds. The van der Waals surface area contributed by atoms with Gasteiger partial charge in [-0.25, -0.2) is 4.99 Å². The van der Waals surface area contributed by atoms with Crippen LogP contribution in [0, 0.1) is 0 Å². The highest BCUT2D eigenvalue weighted by molar-refractivity contribution is 6.19. The molecule has 1 N–H and O–H groups in total. The van der Waals surface area contributed by atoms with E-state index in [0.717, 1.165) is 49.1 Å². The van der Waals surface area contributed by atoms with Gasteiger partial charge in [0.1, 0.15) is 5.84 Å². The first kappa shape index (κ1) is 16.9. The summed E-state index contributed by atoms with van der Waals surface area (Å²) in [4.78, 5) is 30.2. The molecular weight excluding hydrogens is 356 g/mol. The molecule has 2 aromatic rings. The Kier molecular flexibility index (Phi) is 4.25. The summed E-state index contributed by atoms with van der Waals surface area (Å²) in [5, 5.41) is 2.91. The lowest BCUT2D eigenvalue weighted by Crippen LogP contribution is -2.47. The van der Waals surface area contributed by atoms with Crippen LogP contribution in [0.3, 0.4) is 0 Å². The fraction of sp³-hybridized carbons (Fsp3) is 0.300. The van der Waals surface area contributed by atoms with Gasteiger partial charge < -0.3 is 9.64 Å². The van der Waals surface area contributed by atoms with Gasteiger partial charge in [-0.3, -0.25) is 25.0 Å². The Hall–Kier alpha value is -3.26. The van der Waals surface area contributed by atoms with Gasteiger partial charge in [-0.2, -0.15) is 0 Å². The minimum atomic E-state index is -0.230. The molecule has 0 unspecified atom stereocenters. The summed E-state index contributed by atoms with van der Waals surface area (Å²) in [5.74, 6) is 1.14. The van der Waals surface area contributed by atoms with Crippen LogP contribution < -0.4 is 10.2 Å². The fourth-order valence-electron chi connectivity index (χ4n) is 3.64. The molecule has 0 aliphatic carbocycles. The minimum Gasteiger partial charge on any atom is -0.378 e. The molecule has 0 saturated carbocycles. The van der Waals surface area contributed by atoms with Crippen LogP contribution in [0.15, 0.2) is 52.7 Å². The summed E-state index contributed by atoms with van der Waals surface area (Å²) in [7, 11) is 0. The van der Waals surface area contributed by atoms with E-state index in [0.29, 0.717) is 24.6 Å². The zero-order chi connectivity index (χ0) is 18.9. The third-order valence-corrected chi connectivity index (χ3v) is 5.07. The van der Waals surface area contributed by atoms with Gasteiger partial charge in [0.25, 0.3) is 5.91 Å².